The van der Waals surface area contributed by atoms with Crippen LogP contribution in [0.25, 0.3) is 111 Å². The molecule has 2 heteroatoms. The molecule has 0 atom stereocenters. The lowest BCUT2D eigenvalue weighted by Crippen LogP contribution is -1.95. The molecule has 0 fully saturated rings. The van der Waals surface area contributed by atoms with E-state index < -0.39 is 0 Å². The van der Waals surface area contributed by atoms with Gasteiger partial charge in [-0.1, -0.05) is 194 Å². The highest BCUT2D eigenvalue weighted by Gasteiger charge is 2.21. The molecule has 62 heavy (non-hydrogen) atoms. The van der Waals surface area contributed by atoms with E-state index in [0.29, 0.717) is 0 Å². The number of nitrogens with zero attached hydrogens (tertiary/aromatic N) is 2. The summed E-state index contributed by atoms with van der Waals surface area (Å²) in [6.07, 6.45) is 0. The van der Waals surface area contributed by atoms with Gasteiger partial charge in [0.1, 0.15) is 0 Å². The maximum Gasteiger partial charge on any atom is 0.0547 e. The van der Waals surface area contributed by atoms with Gasteiger partial charge in [-0.15, -0.1) is 0 Å². The Balaban J connectivity index is 0.993. The molecule has 0 unspecified atom stereocenters. The van der Waals surface area contributed by atoms with E-state index in [-0.39, 0.29) is 0 Å². The molecule has 2 heterocycles. The van der Waals surface area contributed by atoms with Crippen LogP contribution in [-0.4, -0.2) is 9.13 Å². The average Bonchev–Trinajstić information content (AvgIpc) is 3.88. The molecule has 290 valence electrons. The lowest BCUT2D eigenvalue weighted by molar-refractivity contribution is 1.18. The molecule has 0 aliphatic rings. The van der Waals surface area contributed by atoms with E-state index >= 15 is 0 Å². The van der Waals surface area contributed by atoms with Crippen molar-refractivity contribution >= 4 is 43.6 Å². The third-order valence-corrected chi connectivity index (χ3v) is 12.5. The summed E-state index contributed by atoms with van der Waals surface area (Å²) in [4.78, 5) is 0. The van der Waals surface area contributed by atoms with E-state index in [4.69, 9.17) is 0 Å². The fraction of sp³-hybridized carbons (Fsp3) is 0. The van der Waals surface area contributed by atoms with Gasteiger partial charge in [-0.3, -0.25) is 0 Å². The van der Waals surface area contributed by atoms with Crippen molar-refractivity contribution in [3.8, 4) is 67.0 Å². The first-order chi connectivity index (χ1) is 30.8. The summed E-state index contributed by atoms with van der Waals surface area (Å²) >= 11 is 0. The summed E-state index contributed by atoms with van der Waals surface area (Å²) < 4.78 is 4.88. The maximum atomic E-state index is 2.44. The highest BCUT2D eigenvalue weighted by molar-refractivity contribution is 6.22. The minimum absolute atomic E-state index is 1.14. The van der Waals surface area contributed by atoms with Crippen molar-refractivity contribution in [2.24, 2.45) is 0 Å². The lowest BCUT2D eigenvalue weighted by atomic mass is 9.95. The van der Waals surface area contributed by atoms with Gasteiger partial charge in [-0.25, -0.2) is 0 Å². The number of hydrogen-bond donors (Lipinski definition) is 0. The second-order valence-corrected chi connectivity index (χ2v) is 16.1. The number of para-hydroxylation sites is 2. The SMILES string of the molecule is c1ccc(-c2ccc(-c3cccc(-n4c5ccccc5c5c(-c6cccc7c6c6ccccc6n7-c6cccc(-c7ccc(-c8ccccc8)cc7)c6)cccc54)c3)cc2)cc1. The van der Waals surface area contributed by atoms with Gasteiger partial charge in [0.15, 0.2) is 0 Å². The molecule has 0 aliphatic heterocycles. The summed E-state index contributed by atoms with van der Waals surface area (Å²) in [6.45, 7) is 0. The number of aromatic nitrogens is 2. The van der Waals surface area contributed by atoms with Crippen LogP contribution in [0.15, 0.2) is 243 Å². The van der Waals surface area contributed by atoms with Crippen LogP contribution in [0, 0.1) is 0 Å². The van der Waals surface area contributed by atoms with E-state index in [1.54, 1.807) is 0 Å². The number of fused-ring (bicyclic) bond motifs is 6. The summed E-state index contributed by atoms with van der Waals surface area (Å²) in [5.41, 5.74) is 19.2. The summed E-state index contributed by atoms with van der Waals surface area (Å²) in [5, 5.41) is 4.99. The monoisotopic (exact) mass is 788 g/mol. The van der Waals surface area contributed by atoms with Crippen LogP contribution in [-0.2, 0) is 0 Å². The Morgan fingerprint density at radius 3 is 0.935 bits per heavy atom. The lowest BCUT2D eigenvalue weighted by Gasteiger charge is -2.12. The van der Waals surface area contributed by atoms with Gasteiger partial charge in [0, 0.05) is 32.9 Å². The van der Waals surface area contributed by atoms with E-state index in [1.165, 1.54) is 99.2 Å². The zero-order valence-corrected chi connectivity index (χ0v) is 34.0. The first-order valence-electron chi connectivity index (χ1n) is 21.3. The van der Waals surface area contributed by atoms with Gasteiger partial charge in [0.05, 0.1) is 22.1 Å². The second-order valence-electron chi connectivity index (χ2n) is 16.1. The van der Waals surface area contributed by atoms with Crippen LogP contribution in [0.2, 0.25) is 0 Å². The molecule has 10 aromatic carbocycles. The Morgan fingerprint density at radius 2 is 0.516 bits per heavy atom. The Hall–Kier alpha value is -8.20. The molecular formula is C60H40N2. The quantitative estimate of drug-likeness (QED) is 0.152. The zero-order chi connectivity index (χ0) is 41.0. The maximum absolute atomic E-state index is 2.44. The van der Waals surface area contributed by atoms with Crippen molar-refractivity contribution in [2.45, 2.75) is 0 Å². The Bertz CT molecular complexity index is 3350. The normalized spacial score (nSPS) is 11.5. The molecule has 0 aliphatic carbocycles. The fourth-order valence-corrected chi connectivity index (χ4v) is 9.66. The number of benzene rings is 10. The standard InChI is InChI=1S/C60H40N2/c1-3-15-41(16-4-1)43-31-35-45(36-32-43)47-19-11-21-49(39-47)61-55-27-9-7-23-53(55)59-51(25-13-29-57(59)61)52-26-14-30-58-60(52)54-24-8-10-28-56(54)62(58)50-22-12-20-48(40-50)46-37-33-44(34-38-46)42-17-5-2-6-18-42/h1-40H. The number of rotatable bonds is 7. The van der Waals surface area contributed by atoms with E-state index in [9.17, 15) is 0 Å². The smallest absolute Gasteiger partial charge is 0.0547 e. The van der Waals surface area contributed by atoms with Crippen molar-refractivity contribution in [2.75, 3.05) is 0 Å². The van der Waals surface area contributed by atoms with E-state index in [2.05, 4.69) is 252 Å². The highest BCUT2D eigenvalue weighted by atomic mass is 15.0. The Labute approximate surface area is 360 Å². The molecule has 0 amide bonds. The molecule has 0 radical (unpaired) electrons. The minimum atomic E-state index is 1.14. The third kappa shape index (κ3) is 5.96. The van der Waals surface area contributed by atoms with Gasteiger partial charge in [-0.2, -0.15) is 0 Å². The third-order valence-electron chi connectivity index (χ3n) is 12.5. The molecule has 0 N–H and O–H groups in total. The second kappa shape index (κ2) is 14.8. The summed E-state index contributed by atoms with van der Waals surface area (Å²) in [6, 6.07) is 88.3. The summed E-state index contributed by atoms with van der Waals surface area (Å²) in [5.74, 6) is 0. The van der Waals surface area contributed by atoms with Gasteiger partial charge in [0.2, 0.25) is 0 Å². The van der Waals surface area contributed by atoms with E-state index in [1.807, 2.05) is 0 Å². The van der Waals surface area contributed by atoms with Gasteiger partial charge < -0.3 is 9.13 Å². The van der Waals surface area contributed by atoms with Crippen LogP contribution in [0.4, 0.5) is 0 Å². The van der Waals surface area contributed by atoms with Crippen molar-refractivity contribution in [3.05, 3.63) is 243 Å². The van der Waals surface area contributed by atoms with Crippen LogP contribution in [0.3, 0.4) is 0 Å². The molecular weight excluding hydrogens is 749 g/mol. The largest absolute Gasteiger partial charge is 0.309 e. The predicted octanol–water partition coefficient (Wildman–Crippen LogP) is 16.2. The molecule has 0 saturated heterocycles. The Kier molecular flexibility index (Phi) is 8.53. The fourth-order valence-electron chi connectivity index (χ4n) is 9.66. The first-order valence-corrected chi connectivity index (χ1v) is 21.3. The molecule has 2 nitrogen and oxygen atoms in total. The molecule has 2 aromatic heterocycles. The average molecular weight is 789 g/mol. The molecule has 12 aromatic rings. The van der Waals surface area contributed by atoms with Gasteiger partial charge in [0.25, 0.3) is 0 Å². The summed E-state index contributed by atoms with van der Waals surface area (Å²) in [7, 11) is 0. The van der Waals surface area contributed by atoms with Crippen molar-refractivity contribution in [1.29, 1.82) is 0 Å². The van der Waals surface area contributed by atoms with Crippen LogP contribution in [0.1, 0.15) is 0 Å². The van der Waals surface area contributed by atoms with Gasteiger partial charge >= 0.3 is 0 Å². The Morgan fingerprint density at radius 1 is 0.210 bits per heavy atom. The van der Waals surface area contributed by atoms with Crippen molar-refractivity contribution < 1.29 is 0 Å². The molecule has 12 rings (SSSR count). The van der Waals surface area contributed by atoms with Gasteiger partial charge in [-0.05, 0) is 104 Å². The topological polar surface area (TPSA) is 9.86 Å². The van der Waals surface area contributed by atoms with Crippen LogP contribution < -0.4 is 0 Å². The minimum Gasteiger partial charge on any atom is -0.309 e. The van der Waals surface area contributed by atoms with Crippen LogP contribution in [0.5, 0.6) is 0 Å². The highest BCUT2D eigenvalue weighted by Crippen LogP contribution is 2.44. The molecule has 0 spiro atoms. The van der Waals surface area contributed by atoms with Crippen molar-refractivity contribution in [3.63, 3.8) is 0 Å². The van der Waals surface area contributed by atoms with E-state index in [0.717, 1.165) is 11.4 Å². The zero-order valence-electron chi connectivity index (χ0n) is 34.0. The van der Waals surface area contributed by atoms with Crippen molar-refractivity contribution in [1.82, 2.24) is 9.13 Å². The predicted molar refractivity (Wildman–Crippen MR) is 262 cm³/mol. The molecule has 0 bridgehead atoms. The molecule has 0 saturated carbocycles. The first kappa shape index (κ1) is 35.7. The van der Waals surface area contributed by atoms with Crippen LogP contribution >= 0.6 is 0 Å². The number of hydrogen-bond acceptors (Lipinski definition) is 0.